The molecule has 1 atom stereocenters. The van der Waals surface area contributed by atoms with Crippen LogP contribution in [0.1, 0.15) is 6.42 Å². The van der Waals surface area contributed by atoms with Gasteiger partial charge in [0.05, 0.1) is 0 Å². The Balaban J connectivity index is 1.16. The van der Waals surface area contributed by atoms with Crippen LogP contribution >= 0.6 is 23.8 Å². The van der Waals surface area contributed by atoms with E-state index in [4.69, 9.17) is 23.8 Å². The van der Waals surface area contributed by atoms with Gasteiger partial charge in [-0.25, -0.2) is 9.98 Å². The third kappa shape index (κ3) is 5.40. The van der Waals surface area contributed by atoms with E-state index in [0.717, 1.165) is 49.9 Å². The minimum absolute atomic E-state index is 0.0847. The van der Waals surface area contributed by atoms with Gasteiger partial charge in [0.15, 0.2) is 0 Å². The second-order valence-corrected chi connectivity index (χ2v) is 8.63. The fraction of sp³-hybridized carbons (Fsp3) is 0.409. The monoisotopic (exact) mass is 472 g/mol. The number of rotatable bonds is 7. The molecular weight excluding hydrogens is 448 g/mol. The molecule has 3 aliphatic heterocycles. The molecule has 168 valence electrons. The van der Waals surface area contributed by atoms with Gasteiger partial charge in [0.25, 0.3) is 0 Å². The highest BCUT2D eigenvalue weighted by atomic mass is 35.5. The van der Waals surface area contributed by atoms with Crippen molar-refractivity contribution in [2.75, 3.05) is 50.7 Å². The van der Waals surface area contributed by atoms with Gasteiger partial charge in [0, 0.05) is 49.6 Å². The Labute approximate surface area is 197 Å². The van der Waals surface area contributed by atoms with E-state index in [1.165, 1.54) is 4.90 Å². The number of benzene rings is 1. The minimum Gasteiger partial charge on any atom is -0.369 e. The molecule has 1 saturated heterocycles. The van der Waals surface area contributed by atoms with Crippen molar-refractivity contribution in [3.05, 3.63) is 41.4 Å². The third-order valence-electron chi connectivity index (χ3n) is 5.67. The fourth-order valence-corrected chi connectivity index (χ4v) is 4.37. The average Bonchev–Trinajstić information content (AvgIpc) is 2.80. The molecule has 1 aromatic rings. The molecule has 1 N–H and O–H groups in total. The summed E-state index contributed by atoms with van der Waals surface area (Å²) < 4.78 is 0. The maximum absolute atomic E-state index is 12.6. The molecular formula is C22H25ClN6O2S. The number of anilines is 1. The molecule has 1 fully saturated rings. The lowest BCUT2D eigenvalue weighted by atomic mass is 10.0. The number of thiocarbonyl (C=S) groups is 1. The summed E-state index contributed by atoms with van der Waals surface area (Å²) in [6.45, 7) is 5.16. The van der Waals surface area contributed by atoms with E-state index in [9.17, 15) is 9.59 Å². The summed E-state index contributed by atoms with van der Waals surface area (Å²) in [5.74, 6) is -0.686. The SMILES string of the molecule is O=C(CN1C(=O)C2C=CC=NC2=NC1=S)NCCCN1CCN(c2cccc(Cl)c2)CC1. The molecule has 0 spiro atoms. The molecule has 1 unspecified atom stereocenters. The Morgan fingerprint density at radius 2 is 2.06 bits per heavy atom. The molecule has 0 aromatic heterocycles. The molecule has 32 heavy (non-hydrogen) atoms. The quantitative estimate of drug-likeness (QED) is 0.483. The maximum atomic E-state index is 12.6. The van der Waals surface area contributed by atoms with Gasteiger partial charge in [0.1, 0.15) is 18.3 Å². The van der Waals surface area contributed by atoms with Crippen LogP contribution in [0.15, 0.2) is 46.4 Å². The van der Waals surface area contributed by atoms with E-state index in [1.54, 1.807) is 18.4 Å². The van der Waals surface area contributed by atoms with Gasteiger partial charge in [0.2, 0.25) is 16.9 Å². The third-order valence-corrected chi connectivity index (χ3v) is 6.22. The Morgan fingerprint density at radius 3 is 2.84 bits per heavy atom. The van der Waals surface area contributed by atoms with Crippen molar-refractivity contribution in [1.82, 2.24) is 15.1 Å². The number of amidine groups is 1. The summed E-state index contributed by atoms with van der Waals surface area (Å²) in [6.07, 6.45) is 5.82. The first-order valence-corrected chi connectivity index (χ1v) is 11.4. The Kier molecular flexibility index (Phi) is 7.29. The molecule has 0 saturated carbocycles. The van der Waals surface area contributed by atoms with E-state index in [2.05, 4.69) is 31.2 Å². The smallest absolute Gasteiger partial charge is 0.243 e. The zero-order chi connectivity index (χ0) is 22.5. The van der Waals surface area contributed by atoms with Crippen LogP contribution in [0.2, 0.25) is 5.02 Å². The van der Waals surface area contributed by atoms with E-state index in [0.29, 0.717) is 12.4 Å². The van der Waals surface area contributed by atoms with Gasteiger partial charge in [-0.2, -0.15) is 0 Å². The molecule has 2 amide bonds. The molecule has 0 radical (unpaired) electrons. The number of fused-ring (bicyclic) bond motifs is 1. The summed E-state index contributed by atoms with van der Waals surface area (Å²) in [6, 6.07) is 7.94. The number of piperazine rings is 1. The van der Waals surface area contributed by atoms with Crippen LogP contribution in [-0.4, -0.2) is 84.6 Å². The van der Waals surface area contributed by atoms with Crippen molar-refractivity contribution in [2.45, 2.75) is 6.42 Å². The van der Waals surface area contributed by atoms with Gasteiger partial charge >= 0.3 is 0 Å². The molecule has 3 heterocycles. The number of carbonyl (C=O) groups is 2. The standard InChI is InChI=1S/C22H25ClN6O2S/c23-16-4-1-5-17(14-16)28-12-10-27(11-13-28)9-3-8-24-19(30)15-29-21(31)18-6-2-7-25-20(18)26-22(29)32/h1-2,4-7,14,18H,3,8-13,15H2,(H,24,30). The first-order chi connectivity index (χ1) is 15.5. The van der Waals surface area contributed by atoms with E-state index in [1.807, 2.05) is 18.2 Å². The maximum Gasteiger partial charge on any atom is 0.243 e. The average molecular weight is 473 g/mol. The summed E-state index contributed by atoms with van der Waals surface area (Å²) >= 11 is 11.3. The van der Waals surface area contributed by atoms with E-state index < -0.39 is 5.92 Å². The van der Waals surface area contributed by atoms with Gasteiger partial charge in [-0.3, -0.25) is 19.4 Å². The van der Waals surface area contributed by atoms with Crippen LogP contribution in [0.5, 0.6) is 0 Å². The predicted molar refractivity (Wildman–Crippen MR) is 131 cm³/mol. The lowest BCUT2D eigenvalue weighted by Crippen LogP contribution is -2.50. The molecule has 4 rings (SSSR count). The van der Waals surface area contributed by atoms with Gasteiger partial charge in [-0.15, -0.1) is 0 Å². The number of hydrogen-bond donors (Lipinski definition) is 1. The molecule has 3 aliphatic rings. The largest absolute Gasteiger partial charge is 0.369 e. The number of aliphatic imine (C=N–C) groups is 2. The minimum atomic E-state index is -0.565. The van der Waals surface area contributed by atoms with Crippen LogP contribution in [0.25, 0.3) is 0 Å². The number of nitrogens with one attached hydrogen (secondary N) is 1. The normalized spacial score (nSPS) is 20.9. The van der Waals surface area contributed by atoms with Crippen LogP contribution in [-0.2, 0) is 9.59 Å². The Morgan fingerprint density at radius 1 is 1.25 bits per heavy atom. The molecule has 0 bridgehead atoms. The topological polar surface area (TPSA) is 80.6 Å². The summed E-state index contributed by atoms with van der Waals surface area (Å²) in [4.78, 5) is 39.2. The van der Waals surface area contributed by atoms with E-state index >= 15 is 0 Å². The van der Waals surface area contributed by atoms with Gasteiger partial charge in [-0.05, 0) is 49.5 Å². The highest BCUT2D eigenvalue weighted by Gasteiger charge is 2.35. The van der Waals surface area contributed by atoms with Crippen molar-refractivity contribution >= 4 is 58.5 Å². The highest BCUT2D eigenvalue weighted by molar-refractivity contribution is 7.80. The second kappa shape index (κ2) is 10.3. The van der Waals surface area contributed by atoms with Crippen molar-refractivity contribution in [3.63, 3.8) is 0 Å². The van der Waals surface area contributed by atoms with Crippen molar-refractivity contribution < 1.29 is 9.59 Å². The highest BCUT2D eigenvalue weighted by Crippen LogP contribution is 2.21. The molecule has 0 aliphatic carbocycles. The number of dihydropyridines is 1. The van der Waals surface area contributed by atoms with Crippen LogP contribution in [0.3, 0.4) is 0 Å². The summed E-state index contributed by atoms with van der Waals surface area (Å²) in [5.41, 5.74) is 1.15. The molecule has 8 nitrogen and oxygen atoms in total. The lowest BCUT2D eigenvalue weighted by Gasteiger charge is -2.36. The number of nitrogens with zero attached hydrogens (tertiary/aromatic N) is 5. The van der Waals surface area contributed by atoms with Crippen LogP contribution in [0.4, 0.5) is 5.69 Å². The van der Waals surface area contributed by atoms with Crippen LogP contribution in [0, 0.1) is 5.92 Å². The number of amides is 2. The zero-order valence-electron chi connectivity index (χ0n) is 17.6. The molecule has 10 heteroatoms. The number of halogens is 1. The first-order valence-electron chi connectivity index (χ1n) is 10.7. The van der Waals surface area contributed by atoms with E-state index in [-0.39, 0.29) is 23.5 Å². The first kappa shape index (κ1) is 22.6. The van der Waals surface area contributed by atoms with Crippen molar-refractivity contribution in [1.29, 1.82) is 0 Å². The van der Waals surface area contributed by atoms with Crippen LogP contribution < -0.4 is 10.2 Å². The Hall–Kier alpha value is -2.62. The lowest BCUT2D eigenvalue weighted by molar-refractivity contribution is -0.133. The van der Waals surface area contributed by atoms with Gasteiger partial charge in [-0.1, -0.05) is 23.7 Å². The predicted octanol–water partition coefficient (Wildman–Crippen LogP) is 1.75. The van der Waals surface area contributed by atoms with Crippen molar-refractivity contribution in [3.8, 4) is 0 Å². The zero-order valence-corrected chi connectivity index (χ0v) is 19.2. The molecule has 1 aromatic carbocycles. The Bertz CT molecular complexity index is 986. The summed E-state index contributed by atoms with van der Waals surface area (Å²) in [5, 5.41) is 3.72. The number of carbonyl (C=O) groups excluding carboxylic acids is 2. The number of hydrogen-bond acceptors (Lipinski definition) is 6. The van der Waals surface area contributed by atoms with Crippen molar-refractivity contribution in [2.24, 2.45) is 15.9 Å². The summed E-state index contributed by atoms with van der Waals surface area (Å²) in [7, 11) is 0. The number of allylic oxidation sites excluding steroid dienone is 1. The van der Waals surface area contributed by atoms with Gasteiger partial charge < -0.3 is 10.2 Å². The fourth-order valence-electron chi connectivity index (χ4n) is 3.94. The second-order valence-electron chi connectivity index (χ2n) is 7.83.